The molecule has 2 aromatic carbocycles. The quantitative estimate of drug-likeness (QED) is 0.777. The minimum atomic E-state index is -3.92. The second-order valence-electron chi connectivity index (χ2n) is 5.34. The monoisotopic (exact) mass is 363 g/mol. The topological polar surface area (TPSA) is 65.0 Å². The molecule has 2 aromatic rings. The summed E-state index contributed by atoms with van der Waals surface area (Å²) in [5.41, 5.74) is 2.44. The lowest BCUT2D eigenvalue weighted by atomic mass is 10.1. The van der Waals surface area contributed by atoms with Crippen LogP contribution in [-0.4, -0.2) is 27.0 Å². The third-order valence-electron chi connectivity index (χ3n) is 3.65. The highest BCUT2D eigenvalue weighted by molar-refractivity contribution is 7.99. The summed E-state index contributed by atoms with van der Waals surface area (Å²) in [5.74, 6) is 1.52. The van der Waals surface area contributed by atoms with Crippen molar-refractivity contribution in [3.05, 3.63) is 53.6 Å². The van der Waals surface area contributed by atoms with E-state index in [0.29, 0.717) is 17.9 Å². The predicted molar refractivity (Wildman–Crippen MR) is 94.3 cm³/mol. The van der Waals surface area contributed by atoms with Gasteiger partial charge in [0, 0.05) is 22.6 Å². The van der Waals surface area contributed by atoms with Gasteiger partial charge < -0.3 is 4.74 Å². The summed E-state index contributed by atoms with van der Waals surface area (Å²) in [6, 6.07) is 12.1. The van der Waals surface area contributed by atoms with Crippen LogP contribution in [0.3, 0.4) is 0 Å². The maximum atomic E-state index is 12.3. The molecule has 0 unspecified atom stereocenters. The lowest BCUT2D eigenvalue weighted by Crippen LogP contribution is -2.12. The summed E-state index contributed by atoms with van der Waals surface area (Å²) in [6.07, 6.45) is 0.633. The van der Waals surface area contributed by atoms with Crippen molar-refractivity contribution < 1.29 is 17.4 Å². The molecule has 0 saturated heterocycles. The lowest BCUT2D eigenvalue weighted by Gasteiger charge is -2.17. The lowest BCUT2D eigenvalue weighted by molar-refractivity contribution is 0.338. The highest BCUT2D eigenvalue weighted by Crippen LogP contribution is 2.33. The molecule has 0 saturated carbocycles. The molecule has 0 amide bonds. The third kappa shape index (κ3) is 3.57. The number of thioether (sulfide) groups is 1. The second-order valence-corrected chi connectivity index (χ2v) is 8.01. The molecule has 126 valence electrons. The number of benzene rings is 2. The van der Waals surface area contributed by atoms with Crippen LogP contribution in [0.1, 0.15) is 17.5 Å². The van der Waals surface area contributed by atoms with E-state index in [1.54, 1.807) is 31.0 Å². The van der Waals surface area contributed by atoms with Crippen LogP contribution in [0.25, 0.3) is 0 Å². The highest BCUT2D eigenvalue weighted by Gasteiger charge is 2.20. The molecule has 0 N–H and O–H groups in total. The summed E-state index contributed by atoms with van der Waals surface area (Å²) in [4.78, 5) is 1.13. The zero-order valence-electron chi connectivity index (χ0n) is 13.4. The Morgan fingerprint density at radius 2 is 1.88 bits per heavy atom. The number of aryl methyl sites for hydroxylation is 1. The minimum absolute atomic E-state index is 0.0912. The van der Waals surface area contributed by atoms with Crippen molar-refractivity contribution in [2.24, 2.45) is 5.16 Å². The van der Waals surface area contributed by atoms with Crippen LogP contribution in [0.4, 0.5) is 0 Å². The van der Waals surface area contributed by atoms with E-state index in [1.807, 2.05) is 25.1 Å². The number of oxime groups is 1. The molecule has 24 heavy (non-hydrogen) atoms. The summed E-state index contributed by atoms with van der Waals surface area (Å²) in [5, 5.41) is 3.93. The summed E-state index contributed by atoms with van der Waals surface area (Å²) < 4.78 is 34.7. The van der Waals surface area contributed by atoms with Gasteiger partial charge in [-0.1, -0.05) is 22.9 Å². The smallest absolute Gasteiger partial charge is 0.358 e. The number of nitrogens with zero attached hydrogens (tertiary/aromatic N) is 1. The average molecular weight is 363 g/mol. The second kappa shape index (κ2) is 6.86. The number of hydrogen-bond acceptors (Lipinski definition) is 6. The van der Waals surface area contributed by atoms with Crippen LogP contribution >= 0.6 is 11.8 Å². The molecular weight excluding hydrogens is 346 g/mol. The molecular formula is C17H17NO4S2. The van der Waals surface area contributed by atoms with Crippen LogP contribution < -0.4 is 4.74 Å². The molecule has 3 rings (SSSR count). The van der Waals surface area contributed by atoms with Gasteiger partial charge in [0.05, 0.1) is 12.8 Å². The minimum Gasteiger partial charge on any atom is -0.497 e. The Balaban J connectivity index is 1.89. The van der Waals surface area contributed by atoms with Crippen molar-refractivity contribution >= 4 is 27.6 Å². The zero-order chi connectivity index (χ0) is 17.2. The van der Waals surface area contributed by atoms with Crippen molar-refractivity contribution in [2.45, 2.75) is 23.1 Å². The molecule has 5 nitrogen and oxygen atoms in total. The first-order chi connectivity index (χ1) is 11.5. The fraction of sp³-hybridized carbons (Fsp3) is 0.235. The van der Waals surface area contributed by atoms with Gasteiger partial charge in [0.15, 0.2) is 0 Å². The van der Waals surface area contributed by atoms with E-state index >= 15 is 0 Å². The van der Waals surface area contributed by atoms with Crippen molar-refractivity contribution in [3.63, 3.8) is 0 Å². The number of hydrogen-bond donors (Lipinski definition) is 0. The van der Waals surface area contributed by atoms with Crippen molar-refractivity contribution in [3.8, 4) is 5.75 Å². The Morgan fingerprint density at radius 3 is 2.58 bits per heavy atom. The fourth-order valence-corrected chi connectivity index (χ4v) is 4.07. The molecule has 1 heterocycles. The number of rotatable bonds is 4. The Bertz CT molecular complexity index is 874. The summed E-state index contributed by atoms with van der Waals surface area (Å²) in [6.45, 7) is 1.89. The molecule has 0 aliphatic carbocycles. The maximum absolute atomic E-state index is 12.3. The van der Waals surface area contributed by atoms with Crippen molar-refractivity contribution in [1.29, 1.82) is 0 Å². The van der Waals surface area contributed by atoms with Gasteiger partial charge in [0.1, 0.15) is 10.6 Å². The first-order valence-electron chi connectivity index (χ1n) is 7.38. The first-order valence-corrected chi connectivity index (χ1v) is 9.77. The molecule has 0 bridgehead atoms. The Morgan fingerprint density at radius 1 is 1.12 bits per heavy atom. The largest absolute Gasteiger partial charge is 0.497 e. The van der Waals surface area contributed by atoms with Crippen LogP contribution in [0.2, 0.25) is 0 Å². The van der Waals surface area contributed by atoms with Crippen LogP contribution in [0.5, 0.6) is 5.75 Å². The zero-order valence-corrected chi connectivity index (χ0v) is 15.0. The third-order valence-corrected chi connectivity index (χ3v) is 5.84. The summed E-state index contributed by atoms with van der Waals surface area (Å²) >= 11 is 1.70. The molecule has 0 spiro atoms. The van der Waals surface area contributed by atoms with E-state index in [1.165, 1.54) is 12.1 Å². The van der Waals surface area contributed by atoms with Gasteiger partial charge in [-0.2, -0.15) is 8.42 Å². The highest BCUT2D eigenvalue weighted by atomic mass is 32.2. The molecule has 0 atom stereocenters. The molecule has 0 aromatic heterocycles. The van der Waals surface area contributed by atoms with E-state index in [2.05, 4.69) is 5.16 Å². The SMILES string of the molecule is COc1ccc2c(c1)/C(=N\OS(=O)(=O)c1ccc(C)cc1)CCS2. The standard InChI is InChI=1S/C17H17NO4S2/c1-12-3-6-14(7-4-12)24(19,20)22-18-16-9-10-23-17-8-5-13(21-2)11-15(16)17/h3-8,11H,9-10H2,1-2H3/b18-16-. The van der Waals surface area contributed by atoms with Gasteiger partial charge in [0.25, 0.3) is 0 Å². The average Bonchev–Trinajstić information content (AvgIpc) is 2.60. The van der Waals surface area contributed by atoms with Gasteiger partial charge >= 0.3 is 10.1 Å². The van der Waals surface area contributed by atoms with Crippen LogP contribution in [-0.2, 0) is 14.4 Å². The van der Waals surface area contributed by atoms with Gasteiger partial charge in [-0.05, 0) is 37.3 Å². The fourth-order valence-electron chi connectivity index (χ4n) is 2.32. The summed E-state index contributed by atoms with van der Waals surface area (Å²) in [7, 11) is -2.33. The van der Waals surface area contributed by atoms with Gasteiger partial charge in [-0.25, -0.2) is 0 Å². The first kappa shape index (κ1) is 16.9. The van der Waals surface area contributed by atoms with E-state index < -0.39 is 10.1 Å². The Kier molecular flexibility index (Phi) is 4.82. The molecule has 7 heteroatoms. The number of methoxy groups -OCH3 is 1. The van der Waals surface area contributed by atoms with Crippen molar-refractivity contribution in [1.82, 2.24) is 0 Å². The maximum Gasteiger partial charge on any atom is 0.358 e. The van der Waals surface area contributed by atoms with Gasteiger partial charge in [-0.3, -0.25) is 4.28 Å². The molecule has 0 radical (unpaired) electrons. The Hall–Kier alpha value is -1.99. The number of fused-ring (bicyclic) bond motifs is 1. The van der Waals surface area contributed by atoms with E-state index in [-0.39, 0.29) is 4.90 Å². The normalized spacial score (nSPS) is 15.8. The van der Waals surface area contributed by atoms with Crippen LogP contribution in [0.15, 0.2) is 57.4 Å². The molecule has 0 fully saturated rings. The number of ether oxygens (including phenoxy) is 1. The van der Waals surface area contributed by atoms with E-state index in [4.69, 9.17) is 9.02 Å². The Labute approximate surface area is 145 Å². The van der Waals surface area contributed by atoms with Crippen molar-refractivity contribution in [2.75, 3.05) is 12.9 Å². The predicted octanol–water partition coefficient (Wildman–Crippen LogP) is 3.61. The van der Waals surface area contributed by atoms with Gasteiger partial charge in [-0.15, -0.1) is 11.8 Å². The van der Waals surface area contributed by atoms with E-state index in [9.17, 15) is 8.42 Å². The molecule has 1 aliphatic rings. The van der Waals surface area contributed by atoms with Crippen LogP contribution in [0, 0.1) is 6.92 Å². The molecule has 1 aliphatic heterocycles. The van der Waals surface area contributed by atoms with Gasteiger partial charge in [0.2, 0.25) is 0 Å². The van der Waals surface area contributed by atoms with E-state index in [0.717, 1.165) is 21.8 Å².